The van der Waals surface area contributed by atoms with E-state index in [1.54, 1.807) is 18.6 Å². The average Bonchev–Trinajstić information content (AvgIpc) is 2.81. The van der Waals surface area contributed by atoms with Crippen LogP contribution in [0, 0.1) is 6.92 Å². The summed E-state index contributed by atoms with van der Waals surface area (Å²) in [6.45, 7) is 4.81. The van der Waals surface area contributed by atoms with Crippen molar-refractivity contribution in [2.24, 2.45) is 5.84 Å². The van der Waals surface area contributed by atoms with Crippen molar-refractivity contribution >= 4 is 0 Å². The molecule has 0 aliphatic carbocycles. The summed E-state index contributed by atoms with van der Waals surface area (Å²) in [5.74, 6) is 6.21. The van der Waals surface area contributed by atoms with Crippen LogP contribution in [0.15, 0.2) is 24.8 Å². The first kappa shape index (κ1) is 11.7. The topological polar surface area (TPSA) is 81.7 Å². The highest BCUT2D eigenvalue weighted by molar-refractivity contribution is 5.19. The van der Waals surface area contributed by atoms with Crippen molar-refractivity contribution < 1.29 is 0 Å². The van der Waals surface area contributed by atoms with Gasteiger partial charge in [0.2, 0.25) is 0 Å². The zero-order valence-corrected chi connectivity index (χ0v) is 9.96. The van der Waals surface area contributed by atoms with E-state index in [4.69, 9.17) is 5.84 Å². The standard InChI is InChI=1S/C11H16N6/c1-3-17-7-9(6-15-17)10(16-12)11-13-4-8(2)5-14-11/h4-7,10,16H,3,12H2,1-2H3. The smallest absolute Gasteiger partial charge is 0.151 e. The Bertz CT molecular complexity index is 475. The summed E-state index contributed by atoms with van der Waals surface area (Å²) in [6.07, 6.45) is 7.26. The number of nitrogens with zero attached hydrogens (tertiary/aromatic N) is 4. The van der Waals surface area contributed by atoms with Crippen LogP contribution >= 0.6 is 0 Å². The maximum absolute atomic E-state index is 5.56. The van der Waals surface area contributed by atoms with Crippen molar-refractivity contribution in [2.45, 2.75) is 26.4 Å². The van der Waals surface area contributed by atoms with Crippen LogP contribution in [0.5, 0.6) is 0 Å². The Morgan fingerprint density at radius 1 is 1.35 bits per heavy atom. The van der Waals surface area contributed by atoms with Crippen LogP contribution in [0.2, 0.25) is 0 Å². The Balaban J connectivity index is 2.29. The molecule has 1 atom stereocenters. The molecule has 6 heteroatoms. The van der Waals surface area contributed by atoms with Crippen molar-refractivity contribution in [3.8, 4) is 0 Å². The number of hydrogen-bond acceptors (Lipinski definition) is 5. The molecule has 17 heavy (non-hydrogen) atoms. The first-order valence-electron chi connectivity index (χ1n) is 5.51. The molecule has 2 aromatic rings. The van der Waals surface area contributed by atoms with Gasteiger partial charge in [0.05, 0.1) is 6.20 Å². The second-order valence-electron chi connectivity index (χ2n) is 3.85. The quantitative estimate of drug-likeness (QED) is 0.594. The van der Waals surface area contributed by atoms with Crippen molar-refractivity contribution in [3.05, 3.63) is 41.7 Å². The minimum Gasteiger partial charge on any atom is -0.273 e. The lowest BCUT2D eigenvalue weighted by Gasteiger charge is -2.12. The Kier molecular flexibility index (Phi) is 3.46. The van der Waals surface area contributed by atoms with E-state index < -0.39 is 0 Å². The third-order valence-electron chi connectivity index (χ3n) is 2.54. The van der Waals surface area contributed by atoms with E-state index in [1.807, 2.05) is 24.7 Å². The molecule has 2 aromatic heterocycles. The zero-order chi connectivity index (χ0) is 12.3. The second kappa shape index (κ2) is 5.03. The minimum absolute atomic E-state index is 0.226. The fraction of sp³-hybridized carbons (Fsp3) is 0.364. The van der Waals surface area contributed by atoms with Crippen LogP contribution in [-0.4, -0.2) is 19.7 Å². The van der Waals surface area contributed by atoms with Crippen LogP contribution in [0.25, 0.3) is 0 Å². The molecule has 0 saturated heterocycles. The summed E-state index contributed by atoms with van der Waals surface area (Å²) in [6, 6.07) is -0.226. The lowest BCUT2D eigenvalue weighted by Crippen LogP contribution is -2.30. The lowest BCUT2D eigenvalue weighted by atomic mass is 10.1. The van der Waals surface area contributed by atoms with Crippen LogP contribution < -0.4 is 11.3 Å². The molecule has 2 rings (SSSR count). The van der Waals surface area contributed by atoms with Gasteiger partial charge in [-0.3, -0.25) is 10.5 Å². The Labute approximate surface area is 99.9 Å². The Morgan fingerprint density at radius 2 is 2.06 bits per heavy atom. The largest absolute Gasteiger partial charge is 0.273 e. The molecule has 2 heterocycles. The van der Waals surface area contributed by atoms with E-state index in [0.29, 0.717) is 5.82 Å². The van der Waals surface area contributed by atoms with E-state index in [0.717, 1.165) is 17.7 Å². The van der Waals surface area contributed by atoms with Gasteiger partial charge < -0.3 is 0 Å². The van der Waals surface area contributed by atoms with Crippen molar-refractivity contribution in [2.75, 3.05) is 0 Å². The van der Waals surface area contributed by atoms with Gasteiger partial charge in [-0.25, -0.2) is 15.4 Å². The minimum atomic E-state index is -0.226. The van der Waals surface area contributed by atoms with Crippen LogP contribution in [0.4, 0.5) is 0 Å². The molecule has 0 aromatic carbocycles. The summed E-state index contributed by atoms with van der Waals surface area (Å²) in [7, 11) is 0. The third kappa shape index (κ3) is 2.48. The van der Waals surface area contributed by atoms with E-state index in [1.165, 1.54) is 0 Å². The highest BCUT2D eigenvalue weighted by atomic mass is 15.3. The SMILES string of the molecule is CCn1cc(C(NN)c2ncc(C)cn2)cn1. The summed E-state index contributed by atoms with van der Waals surface area (Å²) >= 11 is 0. The predicted molar refractivity (Wildman–Crippen MR) is 63.8 cm³/mol. The summed E-state index contributed by atoms with van der Waals surface area (Å²) in [5.41, 5.74) is 4.69. The van der Waals surface area contributed by atoms with Gasteiger partial charge in [0, 0.05) is 30.7 Å². The van der Waals surface area contributed by atoms with E-state index in [9.17, 15) is 0 Å². The number of nitrogens with two attached hydrogens (primary N) is 1. The first-order chi connectivity index (χ1) is 8.24. The zero-order valence-electron chi connectivity index (χ0n) is 9.96. The van der Waals surface area contributed by atoms with Gasteiger partial charge in [-0.2, -0.15) is 5.10 Å². The Morgan fingerprint density at radius 3 is 2.59 bits per heavy atom. The fourth-order valence-corrected chi connectivity index (χ4v) is 1.57. The van der Waals surface area contributed by atoms with Gasteiger partial charge >= 0.3 is 0 Å². The molecule has 0 spiro atoms. The molecule has 1 unspecified atom stereocenters. The number of hydrogen-bond donors (Lipinski definition) is 2. The van der Waals surface area contributed by atoms with Gasteiger partial charge in [0.1, 0.15) is 6.04 Å². The molecule has 6 nitrogen and oxygen atoms in total. The molecule has 0 fully saturated rings. The van der Waals surface area contributed by atoms with Crippen LogP contribution in [-0.2, 0) is 6.54 Å². The van der Waals surface area contributed by atoms with Gasteiger partial charge in [-0.05, 0) is 19.4 Å². The first-order valence-corrected chi connectivity index (χ1v) is 5.51. The molecular weight excluding hydrogens is 216 g/mol. The van der Waals surface area contributed by atoms with E-state index >= 15 is 0 Å². The maximum atomic E-state index is 5.56. The maximum Gasteiger partial charge on any atom is 0.151 e. The number of aryl methyl sites for hydroxylation is 2. The highest BCUT2D eigenvalue weighted by Gasteiger charge is 2.16. The fourth-order valence-electron chi connectivity index (χ4n) is 1.57. The molecule has 0 radical (unpaired) electrons. The number of aromatic nitrogens is 4. The third-order valence-corrected chi connectivity index (χ3v) is 2.54. The summed E-state index contributed by atoms with van der Waals surface area (Å²) in [4.78, 5) is 8.54. The normalized spacial score (nSPS) is 12.6. The molecule has 0 aliphatic heterocycles. The van der Waals surface area contributed by atoms with Crippen molar-refractivity contribution in [1.82, 2.24) is 25.2 Å². The molecule has 90 valence electrons. The molecule has 0 aliphatic rings. The monoisotopic (exact) mass is 232 g/mol. The molecular formula is C11H16N6. The average molecular weight is 232 g/mol. The lowest BCUT2D eigenvalue weighted by molar-refractivity contribution is 0.598. The summed E-state index contributed by atoms with van der Waals surface area (Å²) in [5, 5.41) is 4.21. The number of rotatable bonds is 4. The highest BCUT2D eigenvalue weighted by Crippen LogP contribution is 2.16. The van der Waals surface area contributed by atoms with Gasteiger partial charge in [-0.15, -0.1) is 0 Å². The van der Waals surface area contributed by atoms with E-state index in [2.05, 4.69) is 20.5 Å². The molecule has 0 bridgehead atoms. The summed E-state index contributed by atoms with van der Waals surface area (Å²) < 4.78 is 1.84. The number of nitrogens with one attached hydrogen (secondary N) is 1. The van der Waals surface area contributed by atoms with Crippen molar-refractivity contribution in [1.29, 1.82) is 0 Å². The van der Waals surface area contributed by atoms with Crippen LogP contribution in [0.3, 0.4) is 0 Å². The molecule has 3 N–H and O–H groups in total. The Hall–Kier alpha value is -1.79. The molecule has 0 amide bonds. The van der Waals surface area contributed by atoms with Crippen LogP contribution in [0.1, 0.15) is 29.9 Å². The van der Waals surface area contributed by atoms with Crippen molar-refractivity contribution in [3.63, 3.8) is 0 Å². The molecule has 0 saturated carbocycles. The van der Waals surface area contributed by atoms with Gasteiger partial charge in [0.15, 0.2) is 5.82 Å². The number of hydrazine groups is 1. The second-order valence-corrected chi connectivity index (χ2v) is 3.85. The van der Waals surface area contributed by atoms with Gasteiger partial charge in [0.25, 0.3) is 0 Å². The predicted octanol–water partition coefficient (Wildman–Crippen LogP) is 0.554. The van der Waals surface area contributed by atoms with E-state index in [-0.39, 0.29) is 6.04 Å². The van der Waals surface area contributed by atoms with Gasteiger partial charge in [-0.1, -0.05) is 0 Å².